The van der Waals surface area contributed by atoms with Gasteiger partial charge in [-0.2, -0.15) is 4.98 Å². The number of aromatic nitrogens is 2. The van der Waals surface area contributed by atoms with E-state index in [0.29, 0.717) is 42.3 Å². The number of phenolic OH excluding ortho intramolecular Hbond substituents is 1. The average Bonchev–Trinajstić information content (AvgIpc) is 3.36. The van der Waals surface area contributed by atoms with Crippen LogP contribution in [0.15, 0.2) is 59.6 Å². The molecule has 9 nitrogen and oxygen atoms in total. The summed E-state index contributed by atoms with van der Waals surface area (Å²) < 4.78 is 11.0. The van der Waals surface area contributed by atoms with Gasteiger partial charge in [-0.3, -0.25) is 9.69 Å². The lowest BCUT2D eigenvalue weighted by Gasteiger charge is -2.38. The minimum atomic E-state index is -0.726. The second-order valence-electron chi connectivity index (χ2n) is 11.7. The number of piperidine rings is 1. The summed E-state index contributed by atoms with van der Waals surface area (Å²) in [6, 6.07) is 12.9. The van der Waals surface area contributed by atoms with Gasteiger partial charge in [-0.1, -0.05) is 35.5 Å². The molecule has 3 aromatic rings. The number of nitrogens with two attached hydrogens (primary N) is 1. The SMILES string of the molecule is C=CCC1(C(=O)O)CCN(Cc2ccc(-c3noc(-c4ccc(OC(C)C)c(O)c4)n3)cc2)CC1.CC(C)(C)N. The summed E-state index contributed by atoms with van der Waals surface area (Å²) in [5, 5.41) is 24.0. The number of nitrogens with zero attached hydrogens (tertiary/aromatic N) is 3. The van der Waals surface area contributed by atoms with Gasteiger partial charge in [-0.15, -0.1) is 6.58 Å². The fourth-order valence-corrected chi connectivity index (χ4v) is 4.40. The number of carboxylic acids is 1. The van der Waals surface area contributed by atoms with Crippen molar-refractivity contribution in [2.45, 2.75) is 72.1 Å². The van der Waals surface area contributed by atoms with E-state index in [0.717, 1.165) is 30.8 Å². The minimum absolute atomic E-state index is 0. The van der Waals surface area contributed by atoms with Crippen LogP contribution in [-0.2, 0) is 11.3 Å². The molecule has 2 heterocycles. The van der Waals surface area contributed by atoms with E-state index < -0.39 is 11.4 Å². The molecule has 1 aliphatic rings. The molecule has 0 bridgehead atoms. The van der Waals surface area contributed by atoms with E-state index in [4.69, 9.17) is 15.0 Å². The lowest BCUT2D eigenvalue weighted by molar-refractivity contribution is -0.152. The molecule has 0 amide bonds. The molecule has 216 valence electrons. The number of carboxylic acid groups (broad SMARTS) is 1. The molecule has 1 fully saturated rings. The molecule has 0 unspecified atom stereocenters. The fourth-order valence-electron chi connectivity index (χ4n) is 4.40. The molecule has 0 spiro atoms. The topological polar surface area (TPSA) is 135 Å². The van der Waals surface area contributed by atoms with Crippen molar-refractivity contribution in [3.63, 3.8) is 0 Å². The summed E-state index contributed by atoms with van der Waals surface area (Å²) >= 11 is 0. The monoisotopic (exact) mass is 550 g/mol. The Morgan fingerprint density at radius 2 is 1.77 bits per heavy atom. The molecule has 40 heavy (non-hydrogen) atoms. The van der Waals surface area contributed by atoms with Gasteiger partial charge >= 0.3 is 5.97 Å². The molecular weight excluding hydrogens is 508 g/mol. The average molecular weight is 551 g/mol. The Morgan fingerprint density at radius 1 is 1.18 bits per heavy atom. The summed E-state index contributed by atoms with van der Waals surface area (Å²) in [5.74, 6) is 0.466. The minimum Gasteiger partial charge on any atom is -0.504 e. The van der Waals surface area contributed by atoms with E-state index in [2.05, 4.69) is 21.6 Å². The van der Waals surface area contributed by atoms with Crippen LogP contribution in [0.3, 0.4) is 0 Å². The Morgan fingerprint density at radius 3 is 2.30 bits per heavy atom. The summed E-state index contributed by atoms with van der Waals surface area (Å²) in [6.45, 7) is 15.6. The number of carbonyl (C=O) groups is 1. The zero-order valence-corrected chi connectivity index (χ0v) is 24.2. The van der Waals surface area contributed by atoms with Crippen molar-refractivity contribution < 1.29 is 24.3 Å². The number of allylic oxidation sites excluding steroid dienone is 1. The van der Waals surface area contributed by atoms with E-state index in [1.165, 1.54) is 0 Å². The number of ether oxygens (including phenoxy) is 1. The highest BCUT2D eigenvalue weighted by atomic mass is 16.5. The first-order valence-electron chi connectivity index (χ1n) is 13.6. The van der Waals surface area contributed by atoms with Crippen LogP contribution >= 0.6 is 0 Å². The van der Waals surface area contributed by atoms with Gasteiger partial charge in [0.25, 0.3) is 5.89 Å². The van der Waals surface area contributed by atoms with Crippen LogP contribution in [0.4, 0.5) is 0 Å². The number of phenols is 1. The third-order valence-corrected chi connectivity index (χ3v) is 6.41. The van der Waals surface area contributed by atoms with Crippen LogP contribution in [0.5, 0.6) is 11.5 Å². The standard InChI is InChI=1S/C27H31N3O5.C4H11N/c1-4-11-27(26(32)33)12-14-30(15-13-27)17-19-5-7-20(8-6-19)24-28-25(35-29-24)21-9-10-23(22(31)16-21)34-18(2)3;1-4(2,3)5/h4-10,16,18,31H,1,11-15,17H2,2-3H3,(H,32,33);5H2,1-3H3. The molecule has 0 radical (unpaired) electrons. The number of aromatic hydroxyl groups is 1. The molecule has 9 heteroatoms. The van der Waals surface area contributed by atoms with Crippen LogP contribution in [-0.4, -0.2) is 56.0 Å². The van der Waals surface area contributed by atoms with Gasteiger partial charge < -0.3 is 25.2 Å². The predicted molar refractivity (Wildman–Crippen MR) is 156 cm³/mol. The summed E-state index contributed by atoms with van der Waals surface area (Å²) in [7, 11) is 0. The van der Waals surface area contributed by atoms with Crippen molar-refractivity contribution in [1.29, 1.82) is 0 Å². The Labute approximate surface area is 236 Å². The molecule has 0 aliphatic carbocycles. The third kappa shape index (κ3) is 8.66. The maximum Gasteiger partial charge on any atom is 0.310 e. The van der Waals surface area contributed by atoms with Gasteiger partial charge in [-0.05, 0) is 90.7 Å². The van der Waals surface area contributed by atoms with Crippen molar-refractivity contribution >= 4 is 5.97 Å². The molecule has 0 atom stereocenters. The Balaban J connectivity index is 0.000000810. The molecule has 1 saturated heterocycles. The zero-order valence-electron chi connectivity index (χ0n) is 24.2. The number of hydrogen-bond donors (Lipinski definition) is 3. The first kappa shape index (κ1) is 30.8. The molecule has 2 aromatic carbocycles. The maximum absolute atomic E-state index is 11.8. The molecule has 1 aromatic heterocycles. The summed E-state index contributed by atoms with van der Waals surface area (Å²) in [5.41, 5.74) is 7.23. The summed E-state index contributed by atoms with van der Waals surface area (Å²) in [4.78, 5) is 18.5. The van der Waals surface area contributed by atoms with E-state index in [-0.39, 0.29) is 17.4 Å². The smallest absolute Gasteiger partial charge is 0.310 e. The predicted octanol–water partition coefficient (Wildman–Crippen LogP) is 5.88. The molecule has 0 saturated carbocycles. The second-order valence-corrected chi connectivity index (χ2v) is 11.7. The van der Waals surface area contributed by atoms with Crippen LogP contribution < -0.4 is 10.5 Å². The molecular formula is C31H42N4O5. The lowest BCUT2D eigenvalue weighted by atomic mass is 9.75. The van der Waals surface area contributed by atoms with Crippen molar-refractivity contribution in [2.24, 2.45) is 11.1 Å². The molecule has 4 rings (SSSR count). The van der Waals surface area contributed by atoms with Crippen LogP contribution in [0.1, 0.15) is 59.4 Å². The van der Waals surface area contributed by atoms with E-state index in [1.54, 1.807) is 24.3 Å². The van der Waals surface area contributed by atoms with E-state index >= 15 is 0 Å². The molecule has 1 aliphatic heterocycles. The van der Waals surface area contributed by atoms with Gasteiger partial charge in [-0.25, -0.2) is 0 Å². The molecule has 4 N–H and O–H groups in total. The highest BCUT2D eigenvalue weighted by Gasteiger charge is 2.40. The Bertz CT molecular complexity index is 1260. The van der Waals surface area contributed by atoms with Gasteiger partial charge in [0.1, 0.15) is 0 Å². The van der Waals surface area contributed by atoms with Crippen molar-refractivity contribution in [1.82, 2.24) is 15.0 Å². The largest absolute Gasteiger partial charge is 0.504 e. The lowest BCUT2D eigenvalue weighted by Crippen LogP contribution is -2.43. The van der Waals surface area contributed by atoms with Crippen LogP contribution in [0.2, 0.25) is 0 Å². The number of likely N-dealkylation sites (tertiary alicyclic amines) is 1. The van der Waals surface area contributed by atoms with Crippen molar-refractivity contribution in [3.05, 3.63) is 60.7 Å². The third-order valence-electron chi connectivity index (χ3n) is 6.41. The second kappa shape index (κ2) is 13.1. The van der Waals surface area contributed by atoms with Crippen LogP contribution in [0.25, 0.3) is 22.8 Å². The van der Waals surface area contributed by atoms with Gasteiger partial charge in [0, 0.05) is 23.2 Å². The van der Waals surface area contributed by atoms with E-state index in [1.807, 2.05) is 58.9 Å². The van der Waals surface area contributed by atoms with Gasteiger partial charge in [0.05, 0.1) is 11.5 Å². The van der Waals surface area contributed by atoms with Gasteiger partial charge in [0.15, 0.2) is 11.5 Å². The maximum atomic E-state index is 11.8. The van der Waals surface area contributed by atoms with Crippen molar-refractivity contribution in [2.75, 3.05) is 13.1 Å². The highest BCUT2D eigenvalue weighted by molar-refractivity contribution is 5.75. The first-order valence-corrected chi connectivity index (χ1v) is 13.6. The first-order chi connectivity index (χ1) is 18.8. The van der Waals surface area contributed by atoms with Crippen molar-refractivity contribution in [3.8, 4) is 34.3 Å². The number of rotatable bonds is 9. The van der Waals surface area contributed by atoms with E-state index in [9.17, 15) is 15.0 Å². The summed E-state index contributed by atoms with van der Waals surface area (Å²) in [6.07, 6.45) is 3.42. The fraction of sp³-hybridized carbons (Fsp3) is 0.452. The van der Waals surface area contributed by atoms with Crippen LogP contribution in [0, 0.1) is 5.41 Å². The number of aliphatic carboxylic acids is 1. The highest BCUT2D eigenvalue weighted by Crippen LogP contribution is 2.36. The Kier molecular flexibility index (Phi) is 10.1. The van der Waals surface area contributed by atoms with Gasteiger partial charge in [0.2, 0.25) is 5.82 Å². The quantitative estimate of drug-likeness (QED) is 0.279. The zero-order chi connectivity index (χ0) is 29.5. The number of benzene rings is 2. The number of hydrogen-bond acceptors (Lipinski definition) is 8. The normalized spacial score (nSPS) is 15.3. The Hall–Kier alpha value is -3.69.